The first-order chi connectivity index (χ1) is 14.2. The van der Waals surface area contributed by atoms with Crippen molar-refractivity contribution >= 4 is 29.5 Å². The number of hydrogen-bond acceptors (Lipinski definition) is 6. The van der Waals surface area contributed by atoms with Crippen molar-refractivity contribution in [3.63, 3.8) is 0 Å². The summed E-state index contributed by atoms with van der Waals surface area (Å²) in [6.07, 6.45) is 0.363. The van der Waals surface area contributed by atoms with Crippen molar-refractivity contribution in [3.8, 4) is 0 Å². The molecule has 0 saturated carbocycles. The van der Waals surface area contributed by atoms with Gasteiger partial charge in [-0.15, -0.1) is 0 Å². The van der Waals surface area contributed by atoms with Gasteiger partial charge in [0.1, 0.15) is 18.2 Å². The van der Waals surface area contributed by atoms with Crippen LogP contribution in [-0.4, -0.2) is 34.7 Å². The molecule has 2 aromatic rings. The van der Waals surface area contributed by atoms with Crippen LogP contribution in [0.1, 0.15) is 32.0 Å². The van der Waals surface area contributed by atoms with Gasteiger partial charge in [-0.05, 0) is 32.4 Å². The molecule has 9 heteroatoms. The SMILES string of the molecule is CC(C)(C)OC(=O)NC1Cc2ncc(NC(=O)OCc3ccccc3)cc2NC1=O. The molecule has 1 aliphatic rings. The molecule has 3 amide bonds. The Morgan fingerprint density at radius 1 is 1.20 bits per heavy atom. The van der Waals surface area contributed by atoms with Crippen LogP contribution >= 0.6 is 0 Å². The third-order valence-corrected chi connectivity index (χ3v) is 4.09. The number of ether oxygens (including phenoxy) is 2. The Labute approximate surface area is 174 Å². The molecule has 1 atom stereocenters. The highest BCUT2D eigenvalue weighted by Gasteiger charge is 2.30. The molecule has 30 heavy (non-hydrogen) atoms. The van der Waals surface area contributed by atoms with Crippen LogP contribution in [0.2, 0.25) is 0 Å². The molecule has 0 bridgehead atoms. The lowest BCUT2D eigenvalue weighted by Gasteiger charge is -2.26. The number of alkyl carbamates (subject to hydrolysis) is 1. The van der Waals surface area contributed by atoms with E-state index in [2.05, 4.69) is 20.9 Å². The number of nitrogens with one attached hydrogen (secondary N) is 3. The quantitative estimate of drug-likeness (QED) is 0.710. The van der Waals surface area contributed by atoms with Gasteiger partial charge in [-0.2, -0.15) is 0 Å². The molecule has 1 aromatic heterocycles. The van der Waals surface area contributed by atoms with E-state index in [-0.39, 0.29) is 18.9 Å². The lowest BCUT2D eigenvalue weighted by molar-refractivity contribution is -0.118. The second kappa shape index (κ2) is 8.81. The Balaban J connectivity index is 1.57. The fraction of sp³-hybridized carbons (Fsp3) is 0.333. The Bertz CT molecular complexity index is 940. The van der Waals surface area contributed by atoms with E-state index in [1.165, 1.54) is 6.20 Å². The van der Waals surface area contributed by atoms with Crippen molar-refractivity contribution in [2.24, 2.45) is 0 Å². The van der Waals surface area contributed by atoms with Gasteiger partial charge in [0.05, 0.1) is 23.3 Å². The third-order valence-electron chi connectivity index (χ3n) is 4.09. The van der Waals surface area contributed by atoms with Crippen molar-refractivity contribution in [1.29, 1.82) is 0 Å². The zero-order valence-electron chi connectivity index (χ0n) is 17.0. The van der Waals surface area contributed by atoms with E-state index < -0.39 is 23.8 Å². The first-order valence-electron chi connectivity index (χ1n) is 9.46. The highest BCUT2D eigenvalue weighted by molar-refractivity contribution is 6.00. The highest BCUT2D eigenvalue weighted by atomic mass is 16.6. The first-order valence-corrected chi connectivity index (χ1v) is 9.46. The highest BCUT2D eigenvalue weighted by Crippen LogP contribution is 2.24. The maximum Gasteiger partial charge on any atom is 0.412 e. The summed E-state index contributed by atoms with van der Waals surface area (Å²) in [6.45, 7) is 5.36. The van der Waals surface area contributed by atoms with Crippen LogP contribution in [0.25, 0.3) is 0 Å². The molecule has 158 valence electrons. The van der Waals surface area contributed by atoms with E-state index in [4.69, 9.17) is 9.47 Å². The van der Waals surface area contributed by atoms with Crippen LogP contribution < -0.4 is 16.0 Å². The molecule has 3 N–H and O–H groups in total. The van der Waals surface area contributed by atoms with Crippen molar-refractivity contribution in [2.45, 2.75) is 45.4 Å². The van der Waals surface area contributed by atoms with E-state index in [0.717, 1.165) is 5.56 Å². The first kappa shape index (κ1) is 21.1. The van der Waals surface area contributed by atoms with Crippen LogP contribution in [0.15, 0.2) is 42.6 Å². The smallest absolute Gasteiger partial charge is 0.412 e. The Kier molecular flexibility index (Phi) is 6.20. The standard InChI is InChI=1S/C21H24N4O5/c1-21(2,3)30-20(28)25-17-10-15-16(24-18(17)26)9-14(11-22-15)23-19(27)29-12-13-7-5-4-6-8-13/h4-9,11,17H,10,12H2,1-3H3,(H,23,27)(H,24,26)(H,25,28). The molecular weight excluding hydrogens is 388 g/mol. The minimum Gasteiger partial charge on any atom is -0.444 e. The summed E-state index contributed by atoms with van der Waals surface area (Å²) in [6, 6.07) is 10.1. The molecule has 1 aromatic carbocycles. The maximum absolute atomic E-state index is 12.3. The molecule has 0 saturated heterocycles. The monoisotopic (exact) mass is 412 g/mol. The van der Waals surface area contributed by atoms with Gasteiger partial charge in [-0.1, -0.05) is 30.3 Å². The minimum atomic E-state index is -0.797. The number of fused-ring (bicyclic) bond motifs is 1. The number of pyridine rings is 1. The Hall–Kier alpha value is -3.62. The topological polar surface area (TPSA) is 119 Å². The van der Waals surface area contributed by atoms with Crippen LogP contribution in [-0.2, 0) is 27.3 Å². The zero-order chi connectivity index (χ0) is 21.7. The molecule has 0 radical (unpaired) electrons. The number of aromatic nitrogens is 1. The summed E-state index contributed by atoms with van der Waals surface area (Å²) in [4.78, 5) is 40.5. The Morgan fingerprint density at radius 2 is 1.93 bits per heavy atom. The van der Waals surface area contributed by atoms with Gasteiger partial charge in [0.25, 0.3) is 0 Å². The van der Waals surface area contributed by atoms with E-state index in [1.807, 2.05) is 30.3 Å². The fourth-order valence-electron chi connectivity index (χ4n) is 2.78. The van der Waals surface area contributed by atoms with Gasteiger partial charge >= 0.3 is 12.2 Å². The number of rotatable bonds is 4. The normalized spacial score (nSPS) is 15.4. The van der Waals surface area contributed by atoms with Crippen LogP contribution in [0.5, 0.6) is 0 Å². The summed E-state index contributed by atoms with van der Waals surface area (Å²) in [5.41, 5.74) is 1.63. The van der Waals surface area contributed by atoms with Crippen LogP contribution in [0, 0.1) is 0 Å². The summed E-state index contributed by atoms with van der Waals surface area (Å²) in [5, 5.41) is 7.81. The summed E-state index contributed by atoms with van der Waals surface area (Å²) in [5.74, 6) is -0.390. The number of hydrogen-bond donors (Lipinski definition) is 3. The number of carbonyl (C=O) groups excluding carboxylic acids is 3. The van der Waals surface area contributed by atoms with Crippen molar-refractivity contribution in [2.75, 3.05) is 10.6 Å². The second-order valence-corrected chi connectivity index (χ2v) is 7.80. The summed E-state index contributed by atoms with van der Waals surface area (Å²) < 4.78 is 10.4. The molecule has 1 aliphatic heterocycles. The molecule has 0 fully saturated rings. The van der Waals surface area contributed by atoms with Crippen molar-refractivity contribution in [1.82, 2.24) is 10.3 Å². The van der Waals surface area contributed by atoms with Gasteiger partial charge in [-0.3, -0.25) is 15.1 Å². The number of benzene rings is 1. The number of nitrogens with zero attached hydrogens (tertiary/aromatic N) is 1. The lowest BCUT2D eigenvalue weighted by Crippen LogP contribution is -2.49. The van der Waals surface area contributed by atoms with Crippen molar-refractivity contribution in [3.05, 3.63) is 53.9 Å². The van der Waals surface area contributed by atoms with Crippen molar-refractivity contribution < 1.29 is 23.9 Å². The lowest BCUT2D eigenvalue weighted by atomic mass is 10.0. The van der Waals surface area contributed by atoms with Gasteiger partial charge in [0.15, 0.2) is 0 Å². The molecular formula is C21H24N4O5. The molecule has 0 aliphatic carbocycles. The number of carbonyl (C=O) groups is 3. The predicted octanol–water partition coefficient (Wildman–Crippen LogP) is 3.22. The average molecular weight is 412 g/mol. The predicted molar refractivity (Wildman–Crippen MR) is 110 cm³/mol. The van der Waals surface area contributed by atoms with E-state index in [1.54, 1.807) is 26.8 Å². The zero-order valence-corrected chi connectivity index (χ0v) is 17.0. The fourth-order valence-corrected chi connectivity index (χ4v) is 2.78. The number of amides is 3. The third kappa shape index (κ3) is 5.94. The maximum atomic E-state index is 12.3. The van der Waals surface area contributed by atoms with E-state index in [0.29, 0.717) is 17.1 Å². The molecule has 1 unspecified atom stereocenters. The van der Waals surface area contributed by atoms with Gasteiger partial charge in [0.2, 0.25) is 5.91 Å². The minimum absolute atomic E-state index is 0.139. The molecule has 2 heterocycles. The molecule has 3 rings (SSSR count). The van der Waals surface area contributed by atoms with E-state index in [9.17, 15) is 14.4 Å². The molecule has 9 nitrogen and oxygen atoms in total. The van der Waals surface area contributed by atoms with Crippen LogP contribution in [0.4, 0.5) is 21.0 Å². The molecule has 0 spiro atoms. The second-order valence-electron chi connectivity index (χ2n) is 7.80. The van der Waals surface area contributed by atoms with Gasteiger partial charge < -0.3 is 20.1 Å². The summed E-state index contributed by atoms with van der Waals surface area (Å²) in [7, 11) is 0. The Morgan fingerprint density at radius 3 is 2.63 bits per heavy atom. The summed E-state index contributed by atoms with van der Waals surface area (Å²) >= 11 is 0. The van der Waals surface area contributed by atoms with Crippen LogP contribution in [0.3, 0.4) is 0 Å². The van der Waals surface area contributed by atoms with Gasteiger partial charge in [-0.25, -0.2) is 9.59 Å². The average Bonchev–Trinajstić information content (AvgIpc) is 2.66. The van der Waals surface area contributed by atoms with E-state index >= 15 is 0 Å². The largest absolute Gasteiger partial charge is 0.444 e. The number of anilines is 2. The van der Waals surface area contributed by atoms with Gasteiger partial charge in [0, 0.05) is 6.42 Å².